The van der Waals surface area contributed by atoms with Crippen LogP contribution in [0.15, 0.2) is 30.3 Å². The minimum Gasteiger partial charge on any atom is -0.383 e. The zero-order valence-electron chi connectivity index (χ0n) is 22.1. The summed E-state index contributed by atoms with van der Waals surface area (Å²) in [6, 6.07) is 10.1. The fourth-order valence-electron chi connectivity index (χ4n) is 6.31. The van der Waals surface area contributed by atoms with Crippen molar-refractivity contribution in [2.24, 2.45) is 23.0 Å². The Bertz CT molecular complexity index is 1020. The molecule has 3 amide bonds. The predicted octanol–water partition coefficient (Wildman–Crippen LogP) is 3.17. The van der Waals surface area contributed by atoms with Gasteiger partial charge >= 0.3 is 6.03 Å². The summed E-state index contributed by atoms with van der Waals surface area (Å²) in [5, 5.41) is 12.4. The molecule has 1 spiro atoms. The number of carbonyl (C=O) groups is 2. The highest BCUT2D eigenvalue weighted by Gasteiger charge is 2.54. The maximum atomic E-state index is 15.6. The van der Waals surface area contributed by atoms with E-state index in [2.05, 4.69) is 16.3 Å². The summed E-state index contributed by atoms with van der Waals surface area (Å²) in [6.45, 7) is 3.54. The van der Waals surface area contributed by atoms with Crippen LogP contribution < -0.4 is 11.1 Å². The fourth-order valence-corrected chi connectivity index (χ4v) is 6.31. The van der Waals surface area contributed by atoms with E-state index in [1.165, 1.54) is 4.90 Å². The Morgan fingerprint density at radius 1 is 1.18 bits per heavy atom. The summed E-state index contributed by atoms with van der Waals surface area (Å²) in [4.78, 5) is 29.7. The van der Waals surface area contributed by atoms with Crippen molar-refractivity contribution in [3.8, 4) is 6.07 Å². The van der Waals surface area contributed by atoms with Gasteiger partial charge in [0.25, 0.3) is 5.92 Å². The van der Waals surface area contributed by atoms with E-state index in [-0.39, 0.29) is 12.0 Å². The summed E-state index contributed by atoms with van der Waals surface area (Å²) < 4.78 is 36.5. The van der Waals surface area contributed by atoms with Gasteiger partial charge in [-0.2, -0.15) is 5.26 Å². The lowest BCUT2D eigenvalue weighted by Gasteiger charge is -2.54. The van der Waals surface area contributed by atoms with Gasteiger partial charge in [0.05, 0.1) is 12.7 Å². The van der Waals surface area contributed by atoms with E-state index in [1.54, 1.807) is 37.4 Å². The van der Waals surface area contributed by atoms with Gasteiger partial charge in [0.1, 0.15) is 5.54 Å². The second kappa shape index (κ2) is 11.5. The maximum Gasteiger partial charge on any atom is 0.314 e. The first-order chi connectivity index (χ1) is 18.1. The number of likely N-dealkylation sites (tertiary alicyclic amines) is 2. The van der Waals surface area contributed by atoms with Crippen molar-refractivity contribution in [3.05, 3.63) is 35.9 Å². The molecule has 208 valence electrons. The van der Waals surface area contributed by atoms with Crippen LogP contribution in [0.25, 0.3) is 0 Å². The van der Waals surface area contributed by atoms with Gasteiger partial charge in [0.2, 0.25) is 5.91 Å². The number of rotatable bonds is 10. The second-order valence-corrected chi connectivity index (χ2v) is 11.3. The van der Waals surface area contributed by atoms with Gasteiger partial charge < -0.3 is 25.6 Å². The molecule has 2 aliphatic heterocycles. The number of halogens is 2. The van der Waals surface area contributed by atoms with Crippen LogP contribution in [-0.2, 0) is 16.0 Å². The lowest BCUT2D eigenvalue weighted by atomic mass is 9.59. The number of hydrogen-bond donors (Lipinski definition) is 2. The number of primary amides is 1. The molecule has 3 fully saturated rings. The Labute approximate surface area is 223 Å². The molecule has 0 radical (unpaired) electrons. The summed E-state index contributed by atoms with van der Waals surface area (Å²) in [5.41, 5.74) is 4.79. The Kier molecular flexibility index (Phi) is 8.58. The maximum absolute atomic E-state index is 15.6. The first-order valence-corrected chi connectivity index (χ1v) is 13.5. The molecular weight excluding hydrogens is 492 g/mol. The average Bonchev–Trinajstić information content (AvgIpc) is 3.67. The van der Waals surface area contributed by atoms with Gasteiger partial charge in [0, 0.05) is 45.5 Å². The Balaban J connectivity index is 1.63. The van der Waals surface area contributed by atoms with Gasteiger partial charge in [-0.15, -0.1) is 0 Å². The molecule has 2 saturated heterocycles. The third kappa shape index (κ3) is 6.62. The zero-order chi connectivity index (χ0) is 27.4. The molecule has 1 aliphatic carbocycles. The lowest BCUT2D eigenvalue weighted by Crippen LogP contribution is -2.59. The molecule has 4 rings (SSSR count). The summed E-state index contributed by atoms with van der Waals surface area (Å²) >= 11 is 0. The number of nitrogens with one attached hydrogen (secondary N) is 1. The summed E-state index contributed by atoms with van der Waals surface area (Å²) in [6.07, 6.45) is 1.99. The van der Waals surface area contributed by atoms with Crippen molar-refractivity contribution in [3.63, 3.8) is 0 Å². The molecule has 1 unspecified atom stereocenters. The van der Waals surface area contributed by atoms with Gasteiger partial charge in [-0.3, -0.25) is 4.79 Å². The Morgan fingerprint density at radius 3 is 2.42 bits per heavy atom. The van der Waals surface area contributed by atoms with Crippen LogP contribution in [0.1, 0.15) is 44.1 Å². The third-order valence-corrected chi connectivity index (χ3v) is 8.83. The molecule has 1 aromatic carbocycles. The topological polar surface area (TPSA) is 112 Å². The van der Waals surface area contributed by atoms with Crippen LogP contribution in [0.5, 0.6) is 0 Å². The number of hydrogen-bond acceptors (Lipinski definition) is 5. The van der Waals surface area contributed by atoms with Gasteiger partial charge in [-0.05, 0) is 62.1 Å². The lowest BCUT2D eigenvalue weighted by molar-refractivity contribution is -0.139. The standard InChI is InChI=1S/C28H39F2N5O3/c1-38-16-15-34-12-9-26(10-13-34)11-14-35(25(32)37)19-23(26)22(24(36)33-27(20-31)7-8-27)18-28(29,30)17-21-5-3-2-4-6-21/h2-6,22-23H,7-19H2,1H3,(H2,32,37)(H,33,36)/t22-,23?/m0/s1. The van der Waals surface area contributed by atoms with Crippen LogP contribution in [0.3, 0.4) is 0 Å². The normalized spacial score (nSPS) is 23.4. The van der Waals surface area contributed by atoms with E-state index in [9.17, 15) is 14.9 Å². The number of ether oxygens (including phenoxy) is 1. The van der Waals surface area contributed by atoms with E-state index < -0.39 is 48.1 Å². The number of alkyl halides is 2. The quantitative estimate of drug-likeness (QED) is 0.482. The Hall–Kier alpha value is -2.77. The smallest absolute Gasteiger partial charge is 0.314 e. The van der Waals surface area contributed by atoms with E-state index in [4.69, 9.17) is 10.5 Å². The fraction of sp³-hybridized carbons (Fsp3) is 0.679. The SMILES string of the molecule is COCCN1CCC2(CC1)CCN(C(N)=O)CC2[C@H](CC(F)(F)Cc1ccccc1)C(=O)NC1(C#N)CC1. The third-order valence-electron chi connectivity index (χ3n) is 8.83. The van der Waals surface area contributed by atoms with Crippen LogP contribution in [-0.4, -0.2) is 79.6 Å². The van der Waals surface area contributed by atoms with Crippen molar-refractivity contribution in [2.45, 2.75) is 56.4 Å². The molecule has 3 aliphatic rings. The van der Waals surface area contributed by atoms with Crippen molar-refractivity contribution in [1.29, 1.82) is 5.26 Å². The summed E-state index contributed by atoms with van der Waals surface area (Å²) in [5.74, 6) is -5.23. The molecular formula is C28H39F2N5O3. The predicted molar refractivity (Wildman–Crippen MR) is 138 cm³/mol. The largest absolute Gasteiger partial charge is 0.383 e. The Morgan fingerprint density at radius 2 is 1.84 bits per heavy atom. The van der Waals surface area contributed by atoms with Crippen molar-refractivity contribution in [1.82, 2.24) is 15.1 Å². The minimum atomic E-state index is -3.15. The highest BCUT2D eigenvalue weighted by molar-refractivity contribution is 5.81. The molecule has 38 heavy (non-hydrogen) atoms. The van der Waals surface area contributed by atoms with Crippen LogP contribution in [0.2, 0.25) is 0 Å². The number of carbonyl (C=O) groups excluding carboxylic acids is 2. The number of nitrogens with zero attached hydrogens (tertiary/aromatic N) is 3. The molecule has 2 atom stereocenters. The number of nitriles is 1. The first kappa shape index (κ1) is 28.2. The van der Waals surface area contributed by atoms with E-state index in [1.807, 2.05) is 0 Å². The molecule has 1 aromatic rings. The number of nitrogens with two attached hydrogens (primary N) is 1. The molecule has 3 N–H and O–H groups in total. The monoisotopic (exact) mass is 531 g/mol. The van der Waals surface area contributed by atoms with Crippen molar-refractivity contribution < 1.29 is 23.1 Å². The molecule has 8 nitrogen and oxygen atoms in total. The van der Waals surface area contributed by atoms with Crippen LogP contribution >= 0.6 is 0 Å². The van der Waals surface area contributed by atoms with Crippen LogP contribution in [0, 0.1) is 28.6 Å². The number of urea groups is 1. The van der Waals surface area contributed by atoms with Crippen molar-refractivity contribution >= 4 is 11.9 Å². The highest BCUT2D eigenvalue weighted by Crippen LogP contribution is 2.51. The van der Waals surface area contributed by atoms with E-state index in [0.717, 1.165) is 32.5 Å². The number of amides is 3. The molecule has 10 heteroatoms. The molecule has 0 aromatic heterocycles. The molecule has 2 heterocycles. The van der Waals surface area contributed by atoms with Gasteiger partial charge in [-0.1, -0.05) is 30.3 Å². The van der Waals surface area contributed by atoms with Gasteiger partial charge in [0.15, 0.2) is 0 Å². The van der Waals surface area contributed by atoms with Gasteiger partial charge in [-0.25, -0.2) is 13.6 Å². The average molecular weight is 532 g/mol. The van der Waals surface area contributed by atoms with Crippen molar-refractivity contribution in [2.75, 3.05) is 46.4 Å². The number of benzene rings is 1. The zero-order valence-corrected chi connectivity index (χ0v) is 22.1. The van der Waals surface area contributed by atoms with E-state index in [0.29, 0.717) is 38.0 Å². The minimum absolute atomic E-state index is 0.159. The number of methoxy groups -OCH3 is 1. The van der Waals surface area contributed by atoms with E-state index >= 15 is 8.78 Å². The van der Waals surface area contributed by atoms with Crippen LogP contribution in [0.4, 0.5) is 13.6 Å². The molecule has 0 bridgehead atoms. The first-order valence-electron chi connectivity index (χ1n) is 13.5. The molecule has 1 saturated carbocycles. The highest BCUT2D eigenvalue weighted by atomic mass is 19.3. The number of piperidine rings is 2. The summed E-state index contributed by atoms with van der Waals surface area (Å²) in [7, 11) is 1.66. The second-order valence-electron chi connectivity index (χ2n) is 11.3.